The third kappa shape index (κ3) is 2.40. The number of ether oxygens (including phenoxy) is 1. The standard InChI is InChI=1S/C15H19NO2/c1-5-13-11(3)18-15(16-13)12-7-6-8-14(17-4)10(2)9-12/h6-7,9H,5,8H2,1-4H3. The van der Waals surface area contributed by atoms with Gasteiger partial charge in [-0.3, -0.25) is 0 Å². The van der Waals surface area contributed by atoms with Crippen LogP contribution in [0.3, 0.4) is 0 Å². The van der Waals surface area contributed by atoms with E-state index in [1.54, 1.807) is 7.11 Å². The molecule has 2 rings (SSSR count). The van der Waals surface area contributed by atoms with Crippen molar-refractivity contribution in [3.63, 3.8) is 0 Å². The van der Waals surface area contributed by atoms with E-state index in [1.165, 1.54) is 0 Å². The number of hydrogen-bond acceptors (Lipinski definition) is 3. The number of aryl methyl sites for hydroxylation is 2. The Morgan fingerprint density at radius 1 is 1.39 bits per heavy atom. The van der Waals surface area contributed by atoms with Crippen LogP contribution in [0, 0.1) is 6.92 Å². The predicted octanol–water partition coefficient (Wildman–Crippen LogP) is 3.81. The number of nitrogens with zero attached hydrogens (tertiary/aromatic N) is 1. The molecule has 1 aliphatic carbocycles. The largest absolute Gasteiger partial charge is 0.501 e. The molecule has 0 saturated carbocycles. The molecule has 96 valence electrons. The van der Waals surface area contributed by atoms with Crippen LogP contribution < -0.4 is 0 Å². The summed E-state index contributed by atoms with van der Waals surface area (Å²) in [5, 5.41) is 0. The Kier molecular flexibility index (Phi) is 3.70. The van der Waals surface area contributed by atoms with Crippen LogP contribution in [0.2, 0.25) is 0 Å². The smallest absolute Gasteiger partial charge is 0.226 e. The summed E-state index contributed by atoms with van der Waals surface area (Å²) >= 11 is 0. The third-order valence-electron chi connectivity index (χ3n) is 3.13. The van der Waals surface area contributed by atoms with Crippen LogP contribution in [0.4, 0.5) is 0 Å². The molecule has 0 bridgehead atoms. The quantitative estimate of drug-likeness (QED) is 0.812. The van der Waals surface area contributed by atoms with Crippen molar-refractivity contribution in [1.82, 2.24) is 4.98 Å². The third-order valence-corrected chi connectivity index (χ3v) is 3.13. The molecule has 0 fully saturated rings. The molecule has 1 aliphatic rings. The van der Waals surface area contributed by atoms with Gasteiger partial charge in [-0.25, -0.2) is 4.98 Å². The summed E-state index contributed by atoms with van der Waals surface area (Å²) in [6, 6.07) is 0. The molecule has 0 unspecified atom stereocenters. The first-order valence-electron chi connectivity index (χ1n) is 6.24. The molecular weight excluding hydrogens is 226 g/mol. The van der Waals surface area contributed by atoms with Crippen molar-refractivity contribution in [2.24, 2.45) is 0 Å². The molecule has 1 aromatic rings. The summed E-state index contributed by atoms with van der Waals surface area (Å²) in [7, 11) is 1.70. The molecule has 0 aromatic carbocycles. The zero-order valence-corrected chi connectivity index (χ0v) is 11.4. The molecule has 0 aliphatic heterocycles. The highest BCUT2D eigenvalue weighted by Gasteiger charge is 2.13. The Bertz CT molecular complexity index is 533. The summed E-state index contributed by atoms with van der Waals surface area (Å²) < 4.78 is 11.1. The minimum atomic E-state index is 0.692. The number of rotatable bonds is 3. The Hall–Kier alpha value is -1.77. The summed E-state index contributed by atoms with van der Waals surface area (Å²) in [5.41, 5.74) is 3.14. The van der Waals surface area contributed by atoms with Gasteiger partial charge in [-0.05, 0) is 31.9 Å². The number of methoxy groups -OCH3 is 1. The molecule has 0 atom stereocenters. The molecule has 0 spiro atoms. The van der Waals surface area contributed by atoms with Crippen molar-refractivity contribution in [1.29, 1.82) is 0 Å². The maximum Gasteiger partial charge on any atom is 0.226 e. The first-order chi connectivity index (χ1) is 8.65. The summed E-state index contributed by atoms with van der Waals surface area (Å²) in [4.78, 5) is 4.53. The van der Waals surface area contributed by atoms with Crippen LogP contribution in [0.1, 0.15) is 37.6 Å². The average molecular weight is 245 g/mol. The van der Waals surface area contributed by atoms with Crippen LogP contribution in [-0.2, 0) is 11.2 Å². The highest BCUT2D eigenvalue weighted by molar-refractivity contribution is 5.72. The number of oxazole rings is 1. The van der Waals surface area contributed by atoms with Gasteiger partial charge >= 0.3 is 0 Å². The van der Waals surface area contributed by atoms with Gasteiger partial charge in [0.1, 0.15) is 11.5 Å². The maximum atomic E-state index is 5.72. The van der Waals surface area contributed by atoms with Gasteiger partial charge in [0.25, 0.3) is 0 Å². The van der Waals surface area contributed by atoms with E-state index in [0.29, 0.717) is 5.89 Å². The highest BCUT2D eigenvalue weighted by Crippen LogP contribution is 2.25. The van der Waals surface area contributed by atoms with Crippen LogP contribution in [0.25, 0.3) is 5.57 Å². The van der Waals surface area contributed by atoms with Gasteiger partial charge in [-0.2, -0.15) is 0 Å². The van der Waals surface area contributed by atoms with Gasteiger partial charge in [0.15, 0.2) is 0 Å². The monoisotopic (exact) mass is 245 g/mol. The SMILES string of the molecule is CCc1nc(C2=CC(C)=C(OC)CC=C2)oc1C. The first kappa shape index (κ1) is 12.7. The van der Waals surface area contributed by atoms with Crippen LogP contribution in [0.15, 0.2) is 34.0 Å². The Morgan fingerprint density at radius 2 is 2.17 bits per heavy atom. The zero-order valence-electron chi connectivity index (χ0n) is 11.4. The summed E-state index contributed by atoms with van der Waals surface area (Å²) in [6.45, 7) is 6.09. The molecule has 0 saturated heterocycles. The second-order valence-electron chi connectivity index (χ2n) is 4.39. The van der Waals surface area contributed by atoms with Crippen LogP contribution in [0.5, 0.6) is 0 Å². The first-order valence-corrected chi connectivity index (χ1v) is 6.24. The highest BCUT2D eigenvalue weighted by atomic mass is 16.5. The molecule has 1 heterocycles. The van der Waals surface area contributed by atoms with Crippen molar-refractivity contribution in [3.8, 4) is 0 Å². The van der Waals surface area contributed by atoms with Gasteiger partial charge in [-0.15, -0.1) is 0 Å². The molecule has 3 heteroatoms. The van der Waals surface area contributed by atoms with Gasteiger partial charge in [0, 0.05) is 12.0 Å². The minimum absolute atomic E-state index is 0.692. The maximum absolute atomic E-state index is 5.72. The number of aromatic nitrogens is 1. The van der Waals surface area contributed by atoms with Crippen LogP contribution >= 0.6 is 0 Å². The number of hydrogen-bond donors (Lipinski definition) is 0. The second kappa shape index (κ2) is 5.25. The van der Waals surface area contributed by atoms with E-state index in [9.17, 15) is 0 Å². The molecule has 0 radical (unpaired) electrons. The lowest BCUT2D eigenvalue weighted by Crippen LogP contribution is -1.88. The van der Waals surface area contributed by atoms with Gasteiger partial charge in [-0.1, -0.05) is 19.1 Å². The Morgan fingerprint density at radius 3 is 2.78 bits per heavy atom. The summed E-state index contributed by atoms with van der Waals surface area (Å²) in [5.74, 6) is 2.58. The lowest BCUT2D eigenvalue weighted by Gasteiger charge is -2.04. The van der Waals surface area contributed by atoms with Crippen LogP contribution in [-0.4, -0.2) is 12.1 Å². The van der Waals surface area contributed by atoms with E-state index < -0.39 is 0 Å². The van der Waals surface area contributed by atoms with E-state index in [0.717, 1.165) is 41.2 Å². The van der Waals surface area contributed by atoms with E-state index in [2.05, 4.69) is 24.1 Å². The number of allylic oxidation sites excluding steroid dienone is 5. The average Bonchev–Trinajstić information content (AvgIpc) is 2.63. The zero-order chi connectivity index (χ0) is 13.1. The minimum Gasteiger partial charge on any atom is -0.501 e. The fourth-order valence-corrected chi connectivity index (χ4v) is 2.07. The Balaban J connectivity index is 2.41. The lowest BCUT2D eigenvalue weighted by atomic mass is 10.1. The molecule has 0 N–H and O–H groups in total. The second-order valence-corrected chi connectivity index (χ2v) is 4.39. The predicted molar refractivity (Wildman–Crippen MR) is 72.1 cm³/mol. The fraction of sp³-hybridized carbons (Fsp3) is 0.400. The molecule has 3 nitrogen and oxygen atoms in total. The topological polar surface area (TPSA) is 35.3 Å². The van der Waals surface area contributed by atoms with Gasteiger partial charge < -0.3 is 9.15 Å². The van der Waals surface area contributed by atoms with Gasteiger partial charge in [0.05, 0.1) is 12.8 Å². The van der Waals surface area contributed by atoms with E-state index >= 15 is 0 Å². The lowest BCUT2D eigenvalue weighted by molar-refractivity contribution is 0.281. The fourth-order valence-electron chi connectivity index (χ4n) is 2.07. The van der Waals surface area contributed by atoms with Crippen molar-refractivity contribution in [3.05, 3.63) is 46.9 Å². The molecular formula is C15H19NO2. The normalized spacial score (nSPS) is 15.7. The van der Waals surface area contributed by atoms with Crippen molar-refractivity contribution < 1.29 is 9.15 Å². The van der Waals surface area contributed by atoms with Gasteiger partial charge in [0.2, 0.25) is 5.89 Å². The molecule has 18 heavy (non-hydrogen) atoms. The summed E-state index contributed by atoms with van der Waals surface area (Å²) in [6.07, 6.45) is 7.88. The van der Waals surface area contributed by atoms with Crippen molar-refractivity contribution >= 4 is 5.57 Å². The van der Waals surface area contributed by atoms with Crippen molar-refractivity contribution in [2.45, 2.75) is 33.6 Å². The molecule has 0 amide bonds. The van der Waals surface area contributed by atoms with Crippen molar-refractivity contribution in [2.75, 3.05) is 7.11 Å². The van der Waals surface area contributed by atoms with E-state index in [1.807, 2.05) is 19.9 Å². The molecule has 1 aromatic heterocycles. The van der Waals surface area contributed by atoms with E-state index in [4.69, 9.17) is 9.15 Å². The Labute approximate surface area is 108 Å². The van der Waals surface area contributed by atoms with E-state index in [-0.39, 0.29) is 0 Å².